The Morgan fingerprint density at radius 3 is 2.95 bits per heavy atom. The molecule has 1 amide bonds. The molecule has 6 nitrogen and oxygen atoms in total. The van der Waals surface area contributed by atoms with E-state index < -0.39 is 0 Å². The quantitative estimate of drug-likeness (QED) is 0.802. The zero-order valence-corrected chi connectivity index (χ0v) is 13.0. The van der Waals surface area contributed by atoms with Gasteiger partial charge in [0, 0.05) is 12.6 Å². The lowest BCUT2D eigenvalue weighted by Crippen LogP contribution is -2.32. The molecule has 1 aromatic rings. The number of anilines is 1. The second-order valence-electron chi connectivity index (χ2n) is 6.02. The van der Waals surface area contributed by atoms with Gasteiger partial charge in [0.15, 0.2) is 0 Å². The lowest BCUT2D eigenvalue weighted by molar-refractivity contribution is -0.117. The third-order valence-corrected chi connectivity index (χ3v) is 3.95. The first-order valence-electron chi connectivity index (χ1n) is 7.76. The molecule has 0 spiro atoms. The van der Waals surface area contributed by atoms with Crippen LogP contribution in [0.4, 0.5) is 5.82 Å². The smallest absolute Gasteiger partial charge is 0.239 e. The van der Waals surface area contributed by atoms with Crippen LogP contribution in [0.1, 0.15) is 45.1 Å². The normalized spacial score (nSPS) is 17.3. The zero-order chi connectivity index (χ0) is 15.2. The van der Waals surface area contributed by atoms with Crippen molar-refractivity contribution in [2.24, 2.45) is 0 Å². The van der Waals surface area contributed by atoms with Crippen molar-refractivity contribution in [3.63, 3.8) is 0 Å². The van der Waals surface area contributed by atoms with Crippen LogP contribution in [0.2, 0.25) is 0 Å². The summed E-state index contributed by atoms with van der Waals surface area (Å²) in [6.45, 7) is 2.78. The van der Waals surface area contributed by atoms with Crippen molar-refractivity contribution in [1.29, 1.82) is 0 Å². The van der Waals surface area contributed by atoms with E-state index >= 15 is 0 Å². The maximum absolute atomic E-state index is 12.1. The Kier molecular flexibility index (Phi) is 5.76. The maximum Gasteiger partial charge on any atom is 0.239 e. The van der Waals surface area contributed by atoms with Gasteiger partial charge in [-0.1, -0.05) is 12.8 Å². The summed E-state index contributed by atoms with van der Waals surface area (Å²) < 4.78 is 1.95. The van der Waals surface area contributed by atoms with Crippen molar-refractivity contribution in [2.75, 3.05) is 25.5 Å². The molecule has 1 unspecified atom stereocenters. The molecular weight excluding hydrogens is 268 g/mol. The number of aliphatic hydroxyl groups excluding tert-OH is 1. The van der Waals surface area contributed by atoms with Gasteiger partial charge in [0.2, 0.25) is 5.91 Å². The van der Waals surface area contributed by atoms with E-state index in [4.69, 9.17) is 0 Å². The van der Waals surface area contributed by atoms with Crippen LogP contribution in [0, 0.1) is 0 Å². The highest BCUT2D eigenvalue weighted by Crippen LogP contribution is 2.31. The van der Waals surface area contributed by atoms with E-state index in [-0.39, 0.29) is 12.0 Å². The molecule has 0 bridgehead atoms. The molecule has 118 valence electrons. The number of nitrogens with zero attached hydrogens (tertiary/aromatic N) is 3. The fraction of sp³-hybridized carbons (Fsp3) is 0.733. The number of hydrogen-bond acceptors (Lipinski definition) is 4. The van der Waals surface area contributed by atoms with E-state index in [0.29, 0.717) is 25.6 Å². The minimum Gasteiger partial charge on any atom is -0.393 e. The summed E-state index contributed by atoms with van der Waals surface area (Å²) in [5, 5.41) is 16.6. The van der Waals surface area contributed by atoms with Crippen LogP contribution >= 0.6 is 0 Å². The molecule has 2 N–H and O–H groups in total. The Balaban J connectivity index is 1.84. The lowest BCUT2D eigenvalue weighted by Gasteiger charge is -2.18. The van der Waals surface area contributed by atoms with Gasteiger partial charge < -0.3 is 10.4 Å². The van der Waals surface area contributed by atoms with Gasteiger partial charge >= 0.3 is 0 Å². The predicted octanol–water partition coefficient (Wildman–Crippen LogP) is 1.64. The van der Waals surface area contributed by atoms with Crippen LogP contribution in [0.25, 0.3) is 0 Å². The van der Waals surface area contributed by atoms with Crippen LogP contribution in [0.15, 0.2) is 12.3 Å². The lowest BCUT2D eigenvalue weighted by atomic mass is 10.2. The van der Waals surface area contributed by atoms with Crippen molar-refractivity contribution in [2.45, 2.75) is 51.2 Å². The minimum absolute atomic E-state index is 0.0390. The molecule has 21 heavy (non-hydrogen) atoms. The summed E-state index contributed by atoms with van der Waals surface area (Å²) in [5.41, 5.74) is 0. The van der Waals surface area contributed by atoms with Crippen LogP contribution in [-0.4, -0.2) is 51.9 Å². The molecule has 1 aliphatic rings. The number of hydrogen-bond donors (Lipinski definition) is 2. The van der Waals surface area contributed by atoms with Crippen molar-refractivity contribution in [3.8, 4) is 0 Å². The minimum atomic E-state index is -0.334. The molecule has 0 aromatic carbocycles. The molecule has 1 saturated carbocycles. The van der Waals surface area contributed by atoms with Crippen LogP contribution in [0.3, 0.4) is 0 Å². The summed E-state index contributed by atoms with van der Waals surface area (Å²) in [7, 11) is 1.89. The van der Waals surface area contributed by atoms with Gasteiger partial charge in [-0.15, -0.1) is 0 Å². The zero-order valence-electron chi connectivity index (χ0n) is 13.0. The molecule has 0 aliphatic heterocycles. The van der Waals surface area contributed by atoms with Gasteiger partial charge in [0.1, 0.15) is 5.82 Å². The fourth-order valence-corrected chi connectivity index (χ4v) is 2.77. The molecule has 1 aliphatic carbocycles. The average Bonchev–Trinajstić information content (AvgIpc) is 3.06. The largest absolute Gasteiger partial charge is 0.393 e. The number of nitrogens with one attached hydrogen (secondary N) is 1. The van der Waals surface area contributed by atoms with Crippen molar-refractivity contribution < 1.29 is 9.90 Å². The Morgan fingerprint density at radius 1 is 1.57 bits per heavy atom. The van der Waals surface area contributed by atoms with Crippen LogP contribution < -0.4 is 5.32 Å². The summed E-state index contributed by atoms with van der Waals surface area (Å²) >= 11 is 0. The molecule has 6 heteroatoms. The van der Waals surface area contributed by atoms with E-state index in [1.54, 1.807) is 13.1 Å². The van der Waals surface area contributed by atoms with Crippen LogP contribution in [-0.2, 0) is 4.79 Å². The number of likely N-dealkylation sites (N-methyl/N-ethyl adjacent to an activating group) is 1. The topological polar surface area (TPSA) is 70.4 Å². The van der Waals surface area contributed by atoms with Crippen molar-refractivity contribution in [1.82, 2.24) is 14.7 Å². The Hall–Kier alpha value is -1.40. The third kappa shape index (κ3) is 4.82. The number of rotatable bonds is 7. The highest BCUT2D eigenvalue weighted by Gasteiger charge is 2.20. The van der Waals surface area contributed by atoms with Gasteiger partial charge in [-0.3, -0.25) is 9.69 Å². The first kappa shape index (κ1) is 16.0. The first-order valence-corrected chi connectivity index (χ1v) is 7.76. The van der Waals surface area contributed by atoms with E-state index in [1.807, 2.05) is 22.7 Å². The number of carbonyl (C=O) groups is 1. The standard InChI is InChI=1S/C15H26N4O2/c1-12(20)8-10-18(2)11-15(21)17-14-7-9-16-19(14)13-5-3-4-6-13/h7,9,12-13,20H,3-6,8,10-11H2,1-2H3,(H,17,21). The highest BCUT2D eigenvalue weighted by atomic mass is 16.3. The number of amides is 1. The number of carbonyl (C=O) groups excluding carboxylic acids is 1. The molecule has 1 aromatic heterocycles. The molecule has 2 rings (SSSR count). The second kappa shape index (κ2) is 7.56. The second-order valence-corrected chi connectivity index (χ2v) is 6.02. The van der Waals surface area contributed by atoms with Crippen molar-refractivity contribution >= 4 is 11.7 Å². The molecule has 0 saturated heterocycles. The number of aliphatic hydroxyl groups is 1. The maximum atomic E-state index is 12.1. The monoisotopic (exact) mass is 294 g/mol. The molecule has 1 heterocycles. The van der Waals surface area contributed by atoms with Crippen LogP contribution in [0.5, 0.6) is 0 Å². The average molecular weight is 294 g/mol. The first-order chi connectivity index (χ1) is 10.1. The third-order valence-electron chi connectivity index (χ3n) is 3.95. The fourth-order valence-electron chi connectivity index (χ4n) is 2.77. The molecule has 1 fully saturated rings. The van der Waals surface area contributed by atoms with Gasteiger partial charge in [-0.25, -0.2) is 4.68 Å². The molecule has 0 radical (unpaired) electrons. The van der Waals surface area contributed by atoms with Gasteiger partial charge in [0.25, 0.3) is 0 Å². The van der Waals surface area contributed by atoms with Gasteiger partial charge in [0.05, 0.1) is 24.9 Å². The Bertz CT molecular complexity index is 452. The molecule has 1 atom stereocenters. The Morgan fingerprint density at radius 2 is 2.29 bits per heavy atom. The highest BCUT2D eigenvalue weighted by molar-refractivity contribution is 5.91. The predicted molar refractivity (Wildman–Crippen MR) is 82.2 cm³/mol. The van der Waals surface area contributed by atoms with Gasteiger partial charge in [-0.2, -0.15) is 5.10 Å². The van der Waals surface area contributed by atoms with E-state index in [1.165, 1.54) is 12.8 Å². The SMILES string of the molecule is CC(O)CCN(C)CC(=O)Nc1ccnn1C1CCCC1. The molecular formula is C15H26N4O2. The van der Waals surface area contributed by atoms with Crippen molar-refractivity contribution in [3.05, 3.63) is 12.3 Å². The van der Waals surface area contributed by atoms with E-state index in [0.717, 1.165) is 18.7 Å². The number of aromatic nitrogens is 2. The summed E-state index contributed by atoms with van der Waals surface area (Å²) in [4.78, 5) is 14.0. The Labute approximate surface area is 126 Å². The van der Waals surface area contributed by atoms with E-state index in [2.05, 4.69) is 10.4 Å². The summed E-state index contributed by atoms with van der Waals surface area (Å²) in [5.74, 6) is 0.749. The van der Waals surface area contributed by atoms with E-state index in [9.17, 15) is 9.90 Å². The summed E-state index contributed by atoms with van der Waals surface area (Å²) in [6, 6.07) is 2.27. The summed E-state index contributed by atoms with van der Waals surface area (Å²) in [6.07, 6.45) is 6.83. The van der Waals surface area contributed by atoms with Gasteiger partial charge in [-0.05, 0) is 33.2 Å².